The van der Waals surface area contributed by atoms with Crippen LogP contribution in [0.4, 0.5) is 0 Å². The number of ether oxygens (including phenoxy) is 3. The maximum atomic E-state index is 8.55. The molecule has 0 fully saturated rings. The third-order valence-electron chi connectivity index (χ3n) is 2.62. The van der Waals surface area contributed by atoms with Crippen LogP contribution in [0.2, 0.25) is 0 Å². The van der Waals surface area contributed by atoms with Crippen molar-refractivity contribution in [2.45, 2.75) is 19.6 Å². The van der Waals surface area contributed by atoms with Gasteiger partial charge in [0.15, 0.2) is 11.5 Å². The van der Waals surface area contributed by atoms with E-state index < -0.39 is 0 Å². The monoisotopic (exact) mass is 248 g/mol. The first-order chi connectivity index (χ1) is 8.81. The van der Waals surface area contributed by atoms with E-state index in [0.29, 0.717) is 19.7 Å². The van der Waals surface area contributed by atoms with Crippen LogP contribution in [0.25, 0.3) is 0 Å². The molecule has 1 heterocycles. The zero-order chi connectivity index (χ0) is 12.8. The summed E-state index contributed by atoms with van der Waals surface area (Å²) in [4.78, 5) is 0. The number of nitrogens with zero attached hydrogens (tertiary/aromatic N) is 1. The quantitative estimate of drug-likeness (QED) is 0.772. The molecule has 1 aromatic rings. The molecule has 0 saturated heterocycles. The fourth-order valence-electron chi connectivity index (χ4n) is 1.70. The first kappa shape index (κ1) is 12.7. The van der Waals surface area contributed by atoms with Gasteiger partial charge in [0.05, 0.1) is 12.7 Å². The molecule has 0 amide bonds. The molecule has 18 heavy (non-hydrogen) atoms. The Morgan fingerprint density at radius 3 is 3.22 bits per heavy atom. The summed E-state index contributed by atoms with van der Waals surface area (Å²) < 4.78 is 15.9. The highest BCUT2D eigenvalue weighted by Gasteiger charge is 2.16. The van der Waals surface area contributed by atoms with Crippen LogP contribution in [0, 0.1) is 11.3 Å². The molecule has 0 spiro atoms. The van der Waals surface area contributed by atoms with Gasteiger partial charge in [-0.05, 0) is 13.0 Å². The van der Waals surface area contributed by atoms with Gasteiger partial charge in [-0.25, -0.2) is 0 Å². The van der Waals surface area contributed by atoms with Crippen LogP contribution in [-0.4, -0.2) is 26.0 Å². The predicted molar refractivity (Wildman–Crippen MR) is 65.3 cm³/mol. The minimum atomic E-state index is -0.357. The number of nitriles is 1. The van der Waals surface area contributed by atoms with E-state index in [1.54, 1.807) is 6.92 Å². The molecule has 96 valence electrons. The Labute approximate surface area is 106 Å². The topological polar surface area (TPSA) is 63.5 Å². The third kappa shape index (κ3) is 3.13. The first-order valence-electron chi connectivity index (χ1n) is 5.90. The fourth-order valence-corrected chi connectivity index (χ4v) is 1.70. The van der Waals surface area contributed by atoms with Gasteiger partial charge >= 0.3 is 0 Å². The van der Waals surface area contributed by atoms with Gasteiger partial charge in [-0.3, -0.25) is 0 Å². The van der Waals surface area contributed by atoms with Crippen molar-refractivity contribution < 1.29 is 14.2 Å². The van der Waals surface area contributed by atoms with Crippen molar-refractivity contribution >= 4 is 0 Å². The summed E-state index contributed by atoms with van der Waals surface area (Å²) in [5, 5.41) is 11.8. The highest BCUT2D eigenvalue weighted by atomic mass is 16.7. The number of hydrogen-bond donors (Lipinski definition) is 1. The molecule has 1 aromatic carbocycles. The average molecular weight is 248 g/mol. The van der Waals surface area contributed by atoms with Crippen LogP contribution in [0.5, 0.6) is 11.5 Å². The molecule has 2 rings (SSSR count). The molecule has 1 unspecified atom stereocenters. The molecule has 1 N–H and O–H groups in total. The lowest BCUT2D eigenvalue weighted by molar-refractivity contribution is 0.104. The minimum absolute atomic E-state index is 0.287. The number of rotatable bonds is 6. The summed E-state index contributed by atoms with van der Waals surface area (Å²) in [6.07, 6.45) is -0.357. The SMILES string of the molecule is CC(C#N)OCCNCc1cccc2c1OCO2. The van der Waals surface area contributed by atoms with Gasteiger partial charge < -0.3 is 19.5 Å². The zero-order valence-electron chi connectivity index (χ0n) is 10.3. The van der Waals surface area contributed by atoms with Crippen molar-refractivity contribution in [3.63, 3.8) is 0 Å². The largest absolute Gasteiger partial charge is 0.454 e. The number of para-hydroxylation sites is 1. The van der Waals surface area contributed by atoms with Gasteiger partial charge in [0.25, 0.3) is 0 Å². The van der Waals surface area contributed by atoms with Crippen molar-refractivity contribution in [1.82, 2.24) is 5.32 Å². The van der Waals surface area contributed by atoms with Crippen LogP contribution in [0.15, 0.2) is 18.2 Å². The molecular formula is C13H16N2O3. The minimum Gasteiger partial charge on any atom is -0.454 e. The van der Waals surface area contributed by atoms with E-state index in [4.69, 9.17) is 19.5 Å². The smallest absolute Gasteiger partial charge is 0.231 e. The van der Waals surface area contributed by atoms with Crippen molar-refractivity contribution in [1.29, 1.82) is 5.26 Å². The Kier molecular flexibility index (Phi) is 4.40. The van der Waals surface area contributed by atoms with Crippen LogP contribution < -0.4 is 14.8 Å². The van der Waals surface area contributed by atoms with Crippen LogP contribution in [-0.2, 0) is 11.3 Å². The normalized spacial score (nSPS) is 14.2. The van der Waals surface area contributed by atoms with Gasteiger partial charge in [-0.1, -0.05) is 12.1 Å². The van der Waals surface area contributed by atoms with Crippen molar-refractivity contribution in [2.24, 2.45) is 0 Å². The van der Waals surface area contributed by atoms with Crippen molar-refractivity contribution in [3.8, 4) is 17.6 Å². The Hall–Kier alpha value is -1.77. The lowest BCUT2D eigenvalue weighted by atomic mass is 10.2. The van der Waals surface area contributed by atoms with Crippen LogP contribution in [0.1, 0.15) is 12.5 Å². The Morgan fingerprint density at radius 2 is 2.39 bits per heavy atom. The number of hydrogen-bond acceptors (Lipinski definition) is 5. The third-order valence-corrected chi connectivity index (χ3v) is 2.62. The molecular weight excluding hydrogens is 232 g/mol. The van der Waals surface area contributed by atoms with Gasteiger partial charge in [0.1, 0.15) is 6.10 Å². The van der Waals surface area contributed by atoms with E-state index in [1.807, 2.05) is 24.3 Å². The Balaban J connectivity index is 1.75. The lowest BCUT2D eigenvalue weighted by Crippen LogP contribution is -2.21. The maximum Gasteiger partial charge on any atom is 0.231 e. The maximum absolute atomic E-state index is 8.55. The molecule has 0 radical (unpaired) electrons. The summed E-state index contributed by atoms with van der Waals surface area (Å²) in [6, 6.07) is 7.86. The van der Waals surface area contributed by atoms with Crippen LogP contribution >= 0.6 is 0 Å². The summed E-state index contributed by atoms with van der Waals surface area (Å²) in [7, 11) is 0. The molecule has 0 aliphatic carbocycles. The van der Waals surface area contributed by atoms with Crippen LogP contribution in [0.3, 0.4) is 0 Å². The van der Waals surface area contributed by atoms with E-state index >= 15 is 0 Å². The van der Waals surface area contributed by atoms with Gasteiger partial charge in [0, 0.05) is 18.7 Å². The van der Waals surface area contributed by atoms with E-state index in [1.165, 1.54) is 0 Å². The molecule has 1 atom stereocenters. The summed E-state index contributed by atoms with van der Waals surface area (Å²) in [6.45, 7) is 3.92. The second-order valence-corrected chi connectivity index (χ2v) is 3.97. The van der Waals surface area contributed by atoms with E-state index in [0.717, 1.165) is 17.1 Å². The lowest BCUT2D eigenvalue weighted by Gasteiger charge is -2.08. The van der Waals surface area contributed by atoms with Gasteiger partial charge in [0.2, 0.25) is 6.79 Å². The molecule has 5 nitrogen and oxygen atoms in total. The van der Waals surface area contributed by atoms with Gasteiger partial charge in [-0.2, -0.15) is 5.26 Å². The first-order valence-corrected chi connectivity index (χ1v) is 5.90. The van der Waals surface area contributed by atoms with Crippen molar-refractivity contribution in [2.75, 3.05) is 19.9 Å². The number of fused-ring (bicyclic) bond motifs is 1. The second kappa shape index (κ2) is 6.24. The highest BCUT2D eigenvalue weighted by Crippen LogP contribution is 2.35. The molecule has 0 saturated carbocycles. The molecule has 1 aliphatic rings. The molecule has 5 heteroatoms. The standard InChI is InChI=1S/C13H16N2O3/c1-10(7-14)16-6-5-15-8-11-3-2-4-12-13(11)18-9-17-12/h2-4,10,15H,5-6,8-9H2,1H3. The van der Waals surface area contributed by atoms with E-state index in [-0.39, 0.29) is 12.9 Å². The fraction of sp³-hybridized carbons (Fsp3) is 0.462. The number of nitrogens with one attached hydrogen (secondary N) is 1. The summed E-state index contributed by atoms with van der Waals surface area (Å²) in [5.74, 6) is 1.61. The Bertz CT molecular complexity index is 442. The van der Waals surface area contributed by atoms with Gasteiger partial charge in [-0.15, -0.1) is 0 Å². The molecule has 0 bridgehead atoms. The molecule has 1 aliphatic heterocycles. The van der Waals surface area contributed by atoms with E-state index in [2.05, 4.69) is 5.32 Å². The molecule has 0 aromatic heterocycles. The second-order valence-electron chi connectivity index (χ2n) is 3.97. The summed E-state index contributed by atoms with van der Waals surface area (Å²) in [5.41, 5.74) is 1.07. The number of benzene rings is 1. The van der Waals surface area contributed by atoms with Crippen molar-refractivity contribution in [3.05, 3.63) is 23.8 Å². The highest BCUT2D eigenvalue weighted by molar-refractivity contribution is 5.48. The zero-order valence-corrected chi connectivity index (χ0v) is 10.3. The predicted octanol–water partition coefficient (Wildman–Crippen LogP) is 1.43. The Morgan fingerprint density at radius 1 is 1.50 bits per heavy atom. The summed E-state index contributed by atoms with van der Waals surface area (Å²) >= 11 is 0. The average Bonchev–Trinajstić information content (AvgIpc) is 2.87. The van der Waals surface area contributed by atoms with E-state index in [9.17, 15) is 0 Å².